The molecule has 17 heavy (non-hydrogen) atoms. The lowest BCUT2D eigenvalue weighted by atomic mass is 10.1. The molecule has 0 fully saturated rings. The lowest BCUT2D eigenvalue weighted by molar-refractivity contribution is -0.0701. The van der Waals surface area contributed by atoms with Gasteiger partial charge < -0.3 is 4.74 Å². The first-order valence-corrected chi connectivity index (χ1v) is 5.64. The average Bonchev–Trinajstić information content (AvgIpc) is 2.25. The highest BCUT2D eigenvalue weighted by Gasteiger charge is 2.23. The second-order valence-electron chi connectivity index (χ2n) is 3.62. The van der Waals surface area contributed by atoms with Gasteiger partial charge in [0, 0.05) is 5.92 Å². The minimum Gasteiger partial charge on any atom is -0.353 e. The van der Waals surface area contributed by atoms with Crippen molar-refractivity contribution in [3.63, 3.8) is 0 Å². The first-order valence-electron chi connectivity index (χ1n) is 5.64. The number of unbranched alkanes of at least 4 members (excludes halogenated alkanes) is 3. The Hall–Kier alpha value is -1.13. The van der Waals surface area contributed by atoms with Crippen LogP contribution in [0.4, 0.5) is 13.2 Å². The van der Waals surface area contributed by atoms with E-state index in [1.165, 1.54) is 5.92 Å². The highest BCUT2D eigenvalue weighted by atomic mass is 19.4. The van der Waals surface area contributed by atoms with Crippen molar-refractivity contribution in [2.75, 3.05) is 6.61 Å². The molecule has 0 saturated carbocycles. The molecule has 0 aromatic rings. The molecule has 0 bridgehead atoms. The Kier molecular flexibility index (Phi) is 8.36. The molecule has 0 N–H and O–H groups in total. The van der Waals surface area contributed by atoms with Gasteiger partial charge in [-0.25, -0.2) is 0 Å². The minimum absolute atomic E-state index is 0.00895. The van der Waals surface area contributed by atoms with Gasteiger partial charge in [0.05, 0.1) is 0 Å². The topological polar surface area (TPSA) is 9.23 Å². The largest absolute Gasteiger partial charge is 0.457 e. The fraction of sp³-hybridized carbons (Fsp3) is 0.692. The monoisotopic (exact) mass is 246 g/mol. The van der Waals surface area contributed by atoms with E-state index in [1.807, 2.05) is 0 Å². The zero-order chi connectivity index (χ0) is 13.1. The van der Waals surface area contributed by atoms with Crippen molar-refractivity contribution >= 4 is 0 Å². The molecule has 1 atom stereocenters. The Labute approximate surface area is 101 Å². The quantitative estimate of drug-likeness (QED) is 0.493. The van der Waals surface area contributed by atoms with Crippen molar-refractivity contribution in [3.05, 3.63) is 0 Å². The molecule has 0 spiro atoms. The number of rotatable bonds is 7. The van der Waals surface area contributed by atoms with E-state index >= 15 is 0 Å². The van der Waals surface area contributed by atoms with Crippen LogP contribution in [-0.2, 0) is 4.74 Å². The fourth-order valence-corrected chi connectivity index (χ4v) is 1.26. The van der Waals surface area contributed by atoms with Crippen LogP contribution in [0.2, 0.25) is 0 Å². The smallest absolute Gasteiger partial charge is 0.353 e. The van der Waals surface area contributed by atoms with Crippen molar-refractivity contribution in [1.82, 2.24) is 0 Å². The second-order valence-corrected chi connectivity index (χ2v) is 3.62. The van der Waals surface area contributed by atoms with Crippen LogP contribution in [0.3, 0.4) is 0 Å². The van der Waals surface area contributed by atoms with Crippen LogP contribution in [0.25, 0.3) is 0 Å². The lowest BCUT2D eigenvalue weighted by Crippen LogP contribution is -2.13. The fourth-order valence-electron chi connectivity index (χ4n) is 1.26. The Bertz CT molecular complexity index is 291. The Morgan fingerprint density at radius 1 is 1.24 bits per heavy atom. The summed E-state index contributed by atoms with van der Waals surface area (Å²) in [7, 11) is 0. The molecule has 4 heteroatoms. The zero-order valence-corrected chi connectivity index (χ0v) is 9.94. The summed E-state index contributed by atoms with van der Waals surface area (Å²) in [5.74, 6) is 5.53. The van der Waals surface area contributed by atoms with E-state index in [1.54, 1.807) is 0 Å². The van der Waals surface area contributed by atoms with Gasteiger partial charge in [0.25, 0.3) is 0 Å². The molecule has 1 unspecified atom stereocenters. The van der Waals surface area contributed by atoms with Crippen molar-refractivity contribution in [2.24, 2.45) is 0 Å². The first-order chi connectivity index (χ1) is 7.99. The Balaban J connectivity index is 4.13. The number of alkyl halides is 3. The summed E-state index contributed by atoms with van der Waals surface area (Å²) >= 11 is 0. The molecule has 96 valence electrons. The summed E-state index contributed by atoms with van der Waals surface area (Å²) in [5.41, 5.74) is 0. The van der Waals surface area contributed by atoms with Gasteiger partial charge >= 0.3 is 6.18 Å². The molecule has 1 nitrogen and oxygen atoms in total. The highest BCUT2D eigenvalue weighted by Crippen LogP contribution is 2.13. The maximum atomic E-state index is 11.9. The van der Waals surface area contributed by atoms with Crippen LogP contribution in [0.1, 0.15) is 39.0 Å². The van der Waals surface area contributed by atoms with Gasteiger partial charge in [-0.1, -0.05) is 38.0 Å². The third-order valence-corrected chi connectivity index (χ3v) is 2.06. The van der Waals surface area contributed by atoms with Gasteiger partial charge in [0.2, 0.25) is 0 Å². The van der Waals surface area contributed by atoms with E-state index in [2.05, 4.69) is 18.8 Å². The summed E-state index contributed by atoms with van der Waals surface area (Å²) < 4.78 is 40.8. The molecule has 0 aromatic heterocycles. The van der Waals surface area contributed by atoms with E-state index < -0.39 is 12.3 Å². The number of ether oxygens (including phenoxy) is 1. The summed E-state index contributed by atoms with van der Waals surface area (Å²) in [4.78, 5) is 0. The normalized spacial score (nSPS) is 12.4. The van der Waals surface area contributed by atoms with Gasteiger partial charge in [-0.2, -0.15) is 13.2 Å². The predicted octanol–water partition coefficient (Wildman–Crippen LogP) is 3.54. The highest BCUT2D eigenvalue weighted by molar-refractivity contribution is 5.10. The number of halogens is 3. The molecule has 0 aliphatic rings. The van der Waals surface area contributed by atoms with E-state index in [4.69, 9.17) is 11.2 Å². The van der Waals surface area contributed by atoms with Crippen LogP contribution < -0.4 is 0 Å². The van der Waals surface area contributed by atoms with Gasteiger partial charge in [-0.15, -0.1) is 6.42 Å². The maximum absolute atomic E-state index is 11.9. The molecule has 0 heterocycles. The first kappa shape index (κ1) is 15.9. The molecule has 0 saturated heterocycles. The molecular formula is C13H17F3O. The van der Waals surface area contributed by atoms with Crippen LogP contribution >= 0.6 is 0 Å². The molecule has 0 aliphatic carbocycles. The van der Waals surface area contributed by atoms with E-state index in [-0.39, 0.29) is 6.61 Å². The average molecular weight is 246 g/mol. The van der Waals surface area contributed by atoms with Crippen LogP contribution in [0, 0.1) is 24.2 Å². The van der Waals surface area contributed by atoms with Gasteiger partial charge in [0.15, 0.2) is 0 Å². The summed E-state index contributed by atoms with van der Waals surface area (Å²) in [5, 5.41) is 0. The molecule has 0 radical (unpaired) electrons. The molecule has 0 aromatic carbocycles. The second kappa shape index (κ2) is 8.96. The summed E-state index contributed by atoms with van der Waals surface area (Å²) in [6.07, 6.45) is 4.20. The number of hydrogen-bond donors (Lipinski definition) is 0. The van der Waals surface area contributed by atoms with Crippen molar-refractivity contribution in [3.8, 4) is 24.2 Å². The predicted molar refractivity (Wildman–Crippen MR) is 61.2 cm³/mol. The molecule has 0 amide bonds. The van der Waals surface area contributed by atoms with E-state index in [9.17, 15) is 13.2 Å². The van der Waals surface area contributed by atoms with Gasteiger partial charge in [0.1, 0.15) is 12.7 Å². The third-order valence-electron chi connectivity index (χ3n) is 2.06. The SMILES string of the molecule is C#CCOC(C#CC(F)(F)F)CCCCCC. The third kappa shape index (κ3) is 11.1. The van der Waals surface area contributed by atoms with Gasteiger partial charge in [-0.05, 0) is 12.8 Å². The van der Waals surface area contributed by atoms with E-state index in [0.29, 0.717) is 6.42 Å². The Morgan fingerprint density at radius 3 is 2.47 bits per heavy atom. The van der Waals surface area contributed by atoms with Gasteiger partial charge in [-0.3, -0.25) is 0 Å². The maximum Gasteiger partial charge on any atom is 0.457 e. The summed E-state index contributed by atoms with van der Waals surface area (Å²) in [6, 6.07) is 0. The zero-order valence-electron chi connectivity index (χ0n) is 9.94. The van der Waals surface area contributed by atoms with Crippen LogP contribution in [-0.4, -0.2) is 18.9 Å². The van der Waals surface area contributed by atoms with Crippen molar-refractivity contribution < 1.29 is 17.9 Å². The Morgan fingerprint density at radius 2 is 1.94 bits per heavy atom. The van der Waals surface area contributed by atoms with Crippen molar-refractivity contribution in [1.29, 1.82) is 0 Å². The standard InChI is InChI=1S/C13H17F3O/c1-3-5-6-7-8-12(17-11-4-2)9-10-13(14,15)16/h2,12H,3,5-8,11H2,1H3. The van der Waals surface area contributed by atoms with E-state index in [0.717, 1.165) is 25.7 Å². The summed E-state index contributed by atoms with van der Waals surface area (Å²) in [6.45, 7) is 2.06. The number of hydrogen-bond acceptors (Lipinski definition) is 1. The minimum atomic E-state index is -4.47. The molecule has 0 rings (SSSR count). The van der Waals surface area contributed by atoms with Crippen LogP contribution in [0.5, 0.6) is 0 Å². The molecular weight excluding hydrogens is 229 g/mol. The lowest BCUT2D eigenvalue weighted by Gasteiger charge is -2.10. The molecule has 0 aliphatic heterocycles. The number of terminal acetylenes is 1. The van der Waals surface area contributed by atoms with Crippen LogP contribution in [0.15, 0.2) is 0 Å². The van der Waals surface area contributed by atoms with Crippen molar-refractivity contribution in [2.45, 2.75) is 51.3 Å².